The van der Waals surface area contributed by atoms with Crippen LogP contribution in [0.5, 0.6) is 0 Å². The summed E-state index contributed by atoms with van der Waals surface area (Å²) in [4.78, 5) is 21.1. The molecule has 0 radical (unpaired) electrons. The molecule has 5 heteroatoms. The zero-order valence-corrected chi connectivity index (χ0v) is 7.70. The highest BCUT2D eigenvalue weighted by atomic mass is 16.5. The molecule has 2 N–H and O–H groups in total. The highest BCUT2D eigenvalue weighted by Crippen LogP contribution is 1.97. The van der Waals surface area contributed by atoms with Crippen LogP contribution in [0, 0.1) is 0 Å². The largest absolute Gasteiger partial charge is 0.462 e. The highest BCUT2D eigenvalue weighted by molar-refractivity contribution is 5.87. The van der Waals surface area contributed by atoms with E-state index < -0.39 is 12.1 Å². The second-order valence-electron chi connectivity index (χ2n) is 2.37. The predicted molar refractivity (Wildman–Crippen MR) is 45.7 cm³/mol. The van der Waals surface area contributed by atoms with Gasteiger partial charge < -0.3 is 15.2 Å². The van der Waals surface area contributed by atoms with Crippen molar-refractivity contribution in [3.05, 3.63) is 11.8 Å². The average molecular weight is 187 g/mol. The van der Waals surface area contributed by atoms with E-state index >= 15 is 0 Å². The monoisotopic (exact) mass is 187 g/mol. The van der Waals surface area contributed by atoms with Gasteiger partial charge in [0.05, 0.1) is 12.2 Å². The van der Waals surface area contributed by atoms with Gasteiger partial charge in [-0.25, -0.2) is 9.59 Å². The zero-order chi connectivity index (χ0) is 10.3. The van der Waals surface area contributed by atoms with E-state index in [-0.39, 0.29) is 5.57 Å². The lowest BCUT2D eigenvalue weighted by molar-refractivity contribution is -0.139. The summed E-state index contributed by atoms with van der Waals surface area (Å²) in [5, 5.41) is 0. The van der Waals surface area contributed by atoms with E-state index in [0.717, 1.165) is 12.7 Å². The number of rotatable bonds is 4. The van der Waals surface area contributed by atoms with E-state index in [1.54, 1.807) is 0 Å². The van der Waals surface area contributed by atoms with Gasteiger partial charge in [-0.2, -0.15) is 0 Å². The molecule has 0 fully saturated rings. The molecule has 0 aliphatic carbocycles. The van der Waals surface area contributed by atoms with Gasteiger partial charge in [-0.05, 0) is 13.3 Å². The molecule has 0 heterocycles. The Hall–Kier alpha value is -1.52. The summed E-state index contributed by atoms with van der Waals surface area (Å²) in [5.41, 5.74) is 4.88. The summed E-state index contributed by atoms with van der Waals surface area (Å²) < 4.78 is 9.03. The van der Waals surface area contributed by atoms with Gasteiger partial charge in [0.15, 0.2) is 0 Å². The van der Waals surface area contributed by atoms with Crippen molar-refractivity contribution >= 4 is 12.1 Å². The maximum absolute atomic E-state index is 11.0. The molecule has 0 saturated carbocycles. The molecule has 0 aromatic rings. The van der Waals surface area contributed by atoms with Crippen LogP contribution in [0.3, 0.4) is 0 Å². The summed E-state index contributed by atoms with van der Waals surface area (Å²) in [6.45, 7) is 3.70. The van der Waals surface area contributed by atoms with E-state index in [2.05, 4.69) is 10.5 Å². The lowest BCUT2D eigenvalue weighted by atomic mass is 10.3. The number of amides is 1. The second-order valence-corrected chi connectivity index (χ2v) is 2.37. The Morgan fingerprint density at radius 1 is 1.46 bits per heavy atom. The topological polar surface area (TPSA) is 78.6 Å². The van der Waals surface area contributed by atoms with E-state index in [1.165, 1.54) is 6.92 Å². The van der Waals surface area contributed by atoms with Gasteiger partial charge in [-0.1, -0.05) is 6.92 Å². The normalized spacial score (nSPS) is 10.8. The van der Waals surface area contributed by atoms with E-state index in [4.69, 9.17) is 4.74 Å². The van der Waals surface area contributed by atoms with Crippen LogP contribution < -0.4 is 5.73 Å². The van der Waals surface area contributed by atoms with Gasteiger partial charge in [-0.3, -0.25) is 0 Å². The molecule has 0 aromatic carbocycles. The molecule has 0 saturated heterocycles. The first-order valence-electron chi connectivity index (χ1n) is 3.88. The molecule has 0 atom stereocenters. The summed E-state index contributed by atoms with van der Waals surface area (Å²) in [5.74, 6) is -0.511. The smallest absolute Gasteiger partial charge is 0.409 e. The first kappa shape index (κ1) is 11.5. The van der Waals surface area contributed by atoms with Gasteiger partial charge in [0, 0.05) is 0 Å². The Bertz CT molecular complexity index is 222. The number of esters is 1. The van der Waals surface area contributed by atoms with Crippen LogP contribution in [0.2, 0.25) is 0 Å². The fourth-order valence-electron chi connectivity index (χ4n) is 0.503. The molecule has 13 heavy (non-hydrogen) atoms. The number of nitrogens with two attached hydrogens (primary N) is 1. The minimum absolute atomic E-state index is 0.201. The number of primary amides is 1. The van der Waals surface area contributed by atoms with Crippen LogP contribution in [0.15, 0.2) is 11.8 Å². The van der Waals surface area contributed by atoms with Crippen LogP contribution in [0.1, 0.15) is 20.3 Å². The van der Waals surface area contributed by atoms with Gasteiger partial charge in [-0.15, -0.1) is 0 Å². The molecule has 74 valence electrons. The lowest BCUT2D eigenvalue weighted by Crippen LogP contribution is -2.12. The summed E-state index contributed by atoms with van der Waals surface area (Å²) >= 11 is 0. The quantitative estimate of drug-likeness (QED) is 0.403. The number of carbonyl (C=O) groups excluding carboxylic acids is 2. The Morgan fingerprint density at radius 2 is 2.08 bits per heavy atom. The Morgan fingerprint density at radius 3 is 2.54 bits per heavy atom. The van der Waals surface area contributed by atoms with Crippen molar-refractivity contribution in [1.29, 1.82) is 0 Å². The van der Waals surface area contributed by atoms with Crippen molar-refractivity contribution in [2.75, 3.05) is 6.61 Å². The molecular formula is C8H13NO4. The molecule has 0 unspecified atom stereocenters. The Kier molecular flexibility index (Phi) is 5.34. The Labute approximate surface area is 76.5 Å². The number of ether oxygens (including phenoxy) is 2. The summed E-state index contributed by atoms with van der Waals surface area (Å²) in [7, 11) is 0. The molecule has 0 aliphatic heterocycles. The zero-order valence-electron chi connectivity index (χ0n) is 7.70. The van der Waals surface area contributed by atoms with Crippen molar-refractivity contribution in [2.24, 2.45) is 5.73 Å². The third-order valence-corrected chi connectivity index (χ3v) is 1.11. The molecule has 1 amide bonds. The molecule has 0 aliphatic rings. The van der Waals surface area contributed by atoms with Gasteiger partial charge >= 0.3 is 12.1 Å². The maximum atomic E-state index is 11.0. The number of hydrogen-bond acceptors (Lipinski definition) is 4. The van der Waals surface area contributed by atoms with Crippen molar-refractivity contribution in [3.8, 4) is 0 Å². The molecule has 0 aromatic heterocycles. The first-order valence-corrected chi connectivity index (χ1v) is 3.88. The van der Waals surface area contributed by atoms with E-state index in [9.17, 15) is 9.59 Å². The van der Waals surface area contributed by atoms with E-state index in [0.29, 0.717) is 6.61 Å². The first-order chi connectivity index (χ1) is 6.07. The van der Waals surface area contributed by atoms with E-state index in [1.807, 2.05) is 6.92 Å². The number of hydrogen-bond donors (Lipinski definition) is 1. The van der Waals surface area contributed by atoms with Crippen molar-refractivity contribution < 1.29 is 19.1 Å². The number of carbonyl (C=O) groups is 2. The molecule has 0 spiro atoms. The molecule has 0 bridgehead atoms. The lowest BCUT2D eigenvalue weighted by Gasteiger charge is -2.01. The van der Waals surface area contributed by atoms with Gasteiger partial charge in [0.2, 0.25) is 0 Å². The molecular weight excluding hydrogens is 174 g/mol. The maximum Gasteiger partial charge on any atom is 0.409 e. The van der Waals surface area contributed by atoms with Crippen LogP contribution in [-0.4, -0.2) is 18.7 Å². The third-order valence-electron chi connectivity index (χ3n) is 1.11. The Balaban J connectivity index is 3.93. The fourth-order valence-corrected chi connectivity index (χ4v) is 0.503. The van der Waals surface area contributed by atoms with Gasteiger partial charge in [0.25, 0.3) is 0 Å². The van der Waals surface area contributed by atoms with Crippen LogP contribution in [0.25, 0.3) is 0 Å². The standard InChI is InChI=1S/C8H13NO4/c1-3-4-12-7(10)6(2)5-13-8(9)11/h5H,3-4H2,1-2H3,(H2,9,11)/b6-5+. The summed E-state index contributed by atoms with van der Waals surface area (Å²) in [6, 6.07) is 0. The van der Waals surface area contributed by atoms with Crippen molar-refractivity contribution in [2.45, 2.75) is 20.3 Å². The summed E-state index contributed by atoms with van der Waals surface area (Å²) in [6.07, 6.45) is 0.762. The molecule has 5 nitrogen and oxygen atoms in total. The SMILES string of the molecule is CCCOC(=O)/C(C)=C/OC(N)=O. The van der Waals surface area contributed by atoms with Crippen LogP contribution in [0.4, 0.5) is 4.79 Å². The minimum atomic E-state index is -0.956. The second kappa shape index (κ2) is 6.05. The van der Waals surface area contributed by atoms with Crippen molar-refractivity contribution in [1.82, 2.24) is 0 Å². The average Bonchev–Trinajstić information content (AvgIpc) is 2.10. The third kappa shape index (κ3) is 5.72. The predicted octanol–water partition coefficient (Wildman–Crippen LogP) is 0.939. The van der Waals surface area contributed by atoms with Gasteiger partial charge in [0.1, 0.15) is 6.26 Å². The highest BCUT2D eigenvalue weighted by Gasteiger charge is 2.05. The van der Waals surface area contributed by atoms with Crippen LogP contribution >= 0.6 is 0 Å². The minimum Gasteiger partial charge on any atom is -0.462 e. The van der Waals surface area contributed by atoms with Crippen molar-refractivity contribution in [3.63, 3.8) is 0 Å². The van der Waals surface area contributed by atoms with Crippen LogP contribution in [-0.2, 0) is 14.3 Å². The molecule has 0 rings (SSSR count). The fraction of sp³-hybridized carbons (Fsp3) is 0.500.